The molecular weight excluding hydrogens is 280 g/mol. The molecule has 1 amide bonds. The number of hydrogen-bond acceptors (Lipinski definition) is 4. The Balaban J connectivity index is 1.96. The van der Waals surface area contributed by atoms with Crippen molar-refractivity contribution in [1.29, 1.82) is 0 Å². The molecule has 1 fully saturated rings. The molecule has 1 saturated heterocycles. The van der Waals surface area contributed by atoms with Gasteiger partial charge in [0.15, 0.2) is 5.03 Å². The van der Waals surface area contributed by atoms with Gasteiger partial charge in [-0.1, -0.05) is 13.8 Å². The van der Waals surface area contributed by atoms with Gasteiger partial charge in [-0.05, 0) is 12.0 Å². The maximum Gasteiger partial charge on any atom is 0.260 e. The molecular formula is C12H20N4O3S. The monoisotopic (exact) mass is 300 g/mol. The summed E-state index contributed by atoms with van der Waals surface area (Å²) in [7, 11) is -3.51. The zero-order valence-corrected chi connectivity index (χ0v) is 12.6. The van der Waals surface area contributed by atoms with Crippen LogP contribution in [0.25, 0.3) is 0 Å². The molecule has 1 aliphatic rings. The standard InChI is InChI=1S/C12H20N4O3S/c1-10(2)9-12(17)15-5-7-16(8-6-15)20(18,19)11-3-4-13-14-11/h3-4,10H,5-9H2,1-2H3,(H,13,14). The van der Waals surface area contributed by atoms with E-state index in [2.05, 4.69) is 10.2 Å². The SMILES string of the molecule is CC(C)CC(=O)N1CCN(S(=O)(=O)c2ccn[nH]2)CC1. The largest absolute Gasteiger partial charge is 0.340 e. The van der Waals surface area contributed by atoms with Crippen molar-refractivity contribution in [3.63, 3.8) is 0 Å². The second-order valence-electron chi connectivity index (χ2n) is 5.30. The third kappa shape index (κ3) is 3.18. The molecule has 1 aliphatic heterocycles. The van der Waals surface area contributed by atoms with Crippen molar-refractivity contribution in [2.75, 3.05) is 26.2 Å². The molecule has 1 aromatic rings. The Kier molecular flexibility index (Phi) is 4.44. The summed E-state index contributed by atoms with van der Waals surface area (Å²) >= 11 is 0. The fourth-order valence-corrected chi connectivity index (χ4v) is 3.51. The van der Waals surface area contributed by atoms with Crippen molar-refractivity contribution in [2.45, 2.75) is 25.3 Å². The van der Waals surface area contributed by atoms with Crippen molar-refractivity contribution in [3.05, 3.63) is 12.3 Å². The molecule has 0 spiro atoms. The average molecular weight is 300 g/mol. The lowest BCUT2D eigenvalue weighted by molar-refractivity contribution is -0.133. The van der Waals surface area contributed by atoms with Crippen LogP contribution in [-0.2, 0) is 14.8 Å². The van der Waals surface area contributed by atoms with Gasteiger partial charge in [0.1, 0.15) is 0 Å². The van der Waals surface area contributed by atoms with Crippen LogP contribution < -0.4 is 0 Å². The summed E-state index contributed by atoms with van der Waals surface area (Å²) in [6, 6.07) is 1.44. The number of aromatic amines is 1. The van der Waals surface area contributed by atoms with Crippen LogP contribution in [-0.4, -0.2) is 59.9 Å². The van der Waals surface area contributed by atoms with Crippen LogP contribution in [0.2, 0.25) is 0 Å². The van der Waals surface area contributed by atoms with Gasteiger partial charge >= 0.3 is 0 Å². The Morgan fingerprint density at radius 2 is 2.00 bits per heavy atom. The number of nitrogens with zero attached hydrogens (tertiary/aromatic N) is 3. The molecule has 112 valence electrons. The minimum Gasteiger partial charge on any atom is -0.340 e. The van der Waals surface area contributed by atoms with Crippen molar-refractivity contribution < 1.29 is 13.2 Å². The number of carbonyl (C=O) groups excluding carboxylic acids is 1. The number of H-pyrrole nitrogens is 1. The molecule has 20 heavy (non-hydrogen) atoms. The number of carbonyl (C=O) groups is 1. The fourth-order valence-electron chi connectivity index (χ4n) is 2.18. The molecule has 0 saturated carbocycles. The molecule has 1 N–H and O–H groups in total. The molecule has 0 aliphatic carbocycles. The van der Waals surface area contributed by atoms with E-state index in [1.807, 2.05) is 13.8 Å². The summed E-state index contributed by atoms with van der Waals surface area (Å²) in [5.74, 6) is 0.410. The van der Waals surface area contributed by atoms with E-state index < -0.39 is 10.0 Å². The highest BCUT2D eigenvalue weighted by molar-refractivity contribution is 7.89. The first kappa shape index (κ1) is 15.0. The quantitative estimate of drug-likeness (QED) is 0.866. The summed E-state index contributed by atoms with van der Waals surface area (Å²) in [6.45, 7) is 5.53. The molecule has 2 heterocycles. The number of hydrogen-bond donors (Lipinski definition) is 1. The number of nitrogens with one attached hydrogen (secondary N) is 1. The van der Waals surface area contributed by atoms with E-state index in [4.69, 9.17) is 0 Å². The predicted molar refractivity (Wildman–Crippen MR) is 73.4 cm³/mol. The summed E-state index contributed by atoms with van der Waals surface area (Å²) in [6.07, 6.45) is 1.92. The van der Waals surface area contributed by atoms with Crippen molar-refractivity contribution in [1.82, 2.24) is 19.4 Å². The Morgan fingerprint density at radius 1 is 1.35 bits per heavy atom. The first-order valence-corrected chi connectivity index (χ1v) is 8.12. The van der Waals surface area contributed by atoms with Crippen molar-refractivity contribution in [3.8, 4) is 0 Å². The van der Waals surface area contributed by atoms with Crippen molar-refractivity contribution in [2.24, 2.45) is 5.92 Å². The molecule has 2 rings (SSSR count). The molecule has 0 unspecified atom stereocenters. The Morgan fingerprint density at radius 3 is 2.50 bits per heavy atom. The molecule has 0 aromatic carbocycles. The zero-order chi connectivity index (χ0) is 14.8. The maximum atomic E-state index is 12.3. The lowest BCUT2D eigenvalue weighted by atomic mass is 10.1. The topological polar surface area (TPSA) is 86.4 Å². The van der Waals surface area contributed by atoms with Crippen LogP contribution in [0.1, 0.15) is 20.3 Å². The molecule has 0 atom stereocenters. The number of amides is 1. The zero-order valence-electron chi connectivity index (χ0n) is 11.7. The van der Waals surface area contributed by atoms with Gasteiger partial charge < -0.3 is 4.90 Å². The lowest BCUT2D eigenvalue weighted by Gasteiger charge is -2.34. The first-order chi connectivity index (χ1) is 9.41. The van der Waals surface area contributed by atoms with Crippen LogP contribution in [0.4, 0.5) is 0 Å². The molecule has 7 nitrogen and oxygen atoms in total. The van der Waals surface area contributed by atoms with E-state index in [1.54, 1.807) is 4.90 Å². The summed E-state index contributed by atoms with van der Waals surface area (Å²) in [5, 5.41) is 6.24. The highest BCUT2D eigenvalue weighted by atomic mass is 32.2. The third-order valence-electron chi connectivity index (χ3n) is 3.27. The van der Waals surface area contributed by atoms with Gasteiger partial charge in [0.25, 0.3) is 10.0 Å². The van der Waals surface area contributed by atoms with Gasteiger partial charge in [-0.25, -0.2) is 8.42 Å². The second kappa shape index (κ2) is 5.92. The number of rotatable bonds is 4. The van der Waals surface area contributed by atoms with E-state index in [-0.39, 0.29) is 10.9 Å². The van der Waals surface area contributed by atoms with Gasteiger partial charge in [-0.3, -0.25) is 9.89 Å². The third-order valence-corrected chi connectivity index (χ3v) is 5.10. The number of sulfonamides is 1. The minimum absolute atomic E-state index is 0.0959. The highest BCUT2D eigenvalue weighted by Crippen LogP contribution is 2.16. The van der Waals surface area contributed by atoms with Crippen molar-refractivity contribution >= 4 is 15.9 Å². The molecule has 0 bridgehead atoms. The number of piperazine rings is 1. The van der Waals surface area contributed by atoms with Crippen LogP contribution in [0.5, 0.6) is 0 Å². The maximum absolute atomic E-state index is 12.3. The smallest absolute Gasteiger partial charge is 0.260 e. The summed E-state index contributed by atoms with van der Waals surface area (Å²) in [4.78, 5) is 13.7. The fraction of sp³-hybridized carbons (Fsp3) is 0.667. The Labute approximate surface area is 119 Å². The molecule has 1 aromatic heterocycles. The average Bonchev–Trinajstić information content (AvgIpc) is 2.92. The van der Waals surface area contributed by atoms with Gasteiger partial charge in [0, 0.05) is 32.6 Å². The van der Waals surface area contributed by atoms with Gasteiger partial charge in [-0.2, -0.15) is 9.40 Å². The Bertz CT molecular complexity index is 545. The minimum atomic E-state index is -3.51. The second-order valence-corrected chi connectivity index (χ2v) is 7.21. The van der Waals surface area contributed by atoms with E-state index in [0.717, 1.165) is 0 Å². The highest BCUT2D eigenvalue weighted by Gasteiger charge is 2.30. The number of aromatic nitrogens is 2. The summed E-state index contributed by atoms with van der Waals surface area (Å²) in [5.41, 5.74) is 0. The van der Waals surface area contributed by atoms with Gasteiger partial charge in [0.05, 0.1) is 6.20 Å². The lowest BCUT2D eigenvalue weighted by Crippen LogP contribution is -2.50. The van der Waals surface area contributed by atoms with Crippen LogP contribution in [0.3, 0.4) is 0 Å². The van der Waals surface area contributed by atoms with E-state index >= 15 is 0 Å². The Hall–Kier alpha value is -1.41. The van der Waals surface area contributed by atoms with Crippen LogP contribution in [0, 0.1) is 5.92 Å². The van der Waals surface area contributed by atoms with Gasteiger partial charge in [0.2, 0.25) is 5.91 Å². The van der Waals surface area contributed by atoms with Gasteiger partial charge in [-0.15, -0.1) is 0 Å². The predicted octanol–water partition coefficient (Wildman–Crippen LogP) is 0.289. The molecule has 0 radical (unpaired) electrons. The van der Waals surface area contributed by atoms with E-state index in [1.165, 1.54) is 16.6 Å². The summed E-state index contributed by atoms with van der Waals surface area (Å²) < 4.78 is 25.9. The van der Waals surface area contributed by atoms with E-state index in [0.29, 0.717) is 38.5 Å². The van der Waals surface area contributed by atoms with Crippen LogP contribution >= 0.6 is 0 Å². The first-order valence-electron chi connectivity index (χ1n) is 6.68. The van der Waals surface area contributed by atoms with E-state index in [9.17, 15) is 13.2 Å². The molecule has 8 heteroatoms. The normalized spacial score (nSPS) is 17.6. The van der Waals surface area contributed by atoms with Crippen LogP contribution in [0.15, 0.2) is 17.3 Å².